The van der Waals surface area contributed by atoms with Gasteiger partial charge in [0.25, 0.3) is 0 Å². The molecule has 5 nitrogen and oxygen atoms in total. The summed E-state index contributed by atoms with van der Waals surface area (Å²) in [6.45, 7) is 2.59. The van der Waals surface area contributed by atoms with Crippen LogP contribution in [-0.2, 0) is 15.8 Å². The minimum Gasteiger partial charge on any atom is -0.325 e. The molecule has 0 atom stereocenters. The molecule has 2 aromatic carbocycles. The summed E-state index contributed by atoms with van der Waals surface area (Å²) in [5.74, 6) is -1.62. The average molecular weight is 375 g/mol. The topological polar surface area (TPSA) is 82.0 Å². The summed E-state index contributed by atoms with van der Waals surface area (Å²) in [7, 11) is 0. The van der Waals surface area contributed by atoms with E-state index < -0.39 is 34.7 Å². The number of rotatable bonds is 4. The van der Waals surface area contributed by atoms with Gasteiger partial charge in [-0.3, -0.25) is 9.59 Å². The Hall–Kier alpha value is -3.34. The summed E-state index contributed by atoms with van der Waals surface area (Å²) in [5, 5.41) is 13.6. The summed E-state index contributed by atoms with van der Waals surface area (Å²) in [6.07, 6.45) is -4.64. The first-order valence-corrected chi connectivity index (χ1v) is 7.85. The van der Waals surface area contributed by atoms with Crippen molar-refractivity contribution >= 4 is 23.2 Å². The molecule has 0 bridgehead atoms. The van der Waals surface area contributed by atoms with Crippen LogP contribution in [0, 0.1) is 16.7 Å². The molecule has 140 valence electrons. The van der Waals surface area contributed by atoms with Crippen LogP contribution in [0.1, 0.15) is 25.0 Å². The number of alkyl halides is 3. The predicted octanol–water partition coefficient (Wildman–Crippen LogP) is 4.18. The molecular formula is C19H16F3N3O2. The Morgan fingerprint density at radius 3 is 2.22 bits per heavy atom. The van der Waals surface area contributed by atoms with Crippen LogP contribution in [0.3, 0.4) is 0 Å². The molecule has 0 aliphatic carbocycles. The number of hydrogen-bond acceptors (Lipinski definition) is 3. The maximum atomic E-state index is 13.1. The smallest absolute Gasteiger partial charge is 0.325 e. The van der Waals surface area contributed by atoms with E-state index in [0.717, 1.165) is 12.1 Å². The van der Waals surface area contributed by atoms with Crippen molar-refractivity contribution in [2.24, 2.45) is 5.41 Å². The second-order valence-electron chi connectivity index (χ2n) is 6.27. The number of carbonyl (C=O) groups excluding carboxylic acids is 2. The first-order chi connectivity index (χ1) is 12.6. The number of benzene rings is 2. The number of nitriles is 1. The van der Waals surface area contributed by atoms with Gasteiger partial charge in [-0.15, -0.1) is 0 Å². The Morgan fingerprint density at radius 2 is 1.59 bits per heavy atom. The number of carbonyl (C=O) groups is 2. The minimum atomic E-state index is -4.64. The third kappa shape index (κ3) is 4.64. The average Bonchev–Trinajstić information content (AvgIpc) is 2.61. The van der Waals surface area contributed by atoms with Gasteiger partial charge in [-0.2, -0.15) is 18.4 Å². The summed E-state index contributed by atoms with van der Waals surface area (Å²) < 4.78 is 39.2. The fourth-order valence-corrected chi connectivity index (χ4v) is 2.17. The van der Waals surface area contributed by atoms with E-state index in [4.69, 9.17) is 5.26 Å². The van der Waals surface area contributed by atoms with Crippen LogP contribution in [0.4, 0.5) is 24.5 Å². The van der Waals surface area contributed by atoms with Crippen LogP contribution < -0.4 is 10.6 Å². The Morgan fingerprint density at radius 1 is 0.963 bits per heavy atom. The molecule has 0 radical (unpaired) electrons. The van der Waals surface area contributed by atoms with Gasteiger partial charge in [-0.1, -0.05) is 18.2 Å². The first-order valence-electron chi connectivity index (χ1n) is 7.85. The summed E-state index contributed by atoms with van der Waals surface area (Å²) in [5.41, 5.74) is -2.48. The van der Waals surface area contributed by atoms with E-state index in [1.165, 1.54) is 38.1 Å². The van der Waals surface area contributed by atoms with Crippen molar-refractivity contribution in [3.8, 4) is 6.07 Å². The van der Waals surface area contributed by atoms with Gasteiger partial charge in [0.05, 0.1) is 22.9 Å². The van der Waals surface area contributed by atoms with Gasteiger partial charge in [0, 0.05) is 5.69 Å². The fraction of sp³-hybridized carbons (Fsp3) is 0.211. The minimum absolute atomic E-state index is 0.301. The predicted molar refractivity (Wildman–Crippen MR) is 93.6 cm³/mol. The quantitative estimate of drug-likeness (QED) is 0.787. The number of anilines is 2. The van der Waals surface area contributed by atoms with Gasteiger partial charge in [-0.25, -0.2) is 0 Å². The maximum Gasteiger partial charge on any atom is 0.418 e. The van der Waals surface area contributed by atoms with E-state index in [0.29, 0.717) is 11.3 Å². The first kappa shape index (κ1) is 20.0. The van der Waals surface area contributed by atoms with Crippen LogP contribution in [0.2, 0.25) is 0 Å². The number of halogens is 3. The highest BCUT2D eigenvalue weighted by molar-refractivity contribution is 6.14. The zero-order chi connectivity index (χ0) is 20.2. The molecule has 0 aliphatic rings. The van der Waals surface area contributed by atoms with Crippen molar-refractivity contribution in [1.82, 2.24) is 0 Å². The maximum absolute atomic E-state index is 13.1. The van der Waals surface area contributed by atoms with Crippen LogP contribution in [0.25, 0.3) is 0 Å². The van der Waals surface area contributed by atoms with E-state index in [1.54, 1.807) is 12.1 Å². The lowest BCUT2D eigenvalue weighted by Crippen LogP contribution is -2.41. The third-order valence-corrected chi connectivity index (χ3v) is 3.87. The third-order valence-electron chi connectivity index (χ3n) is 3.87. The van der Waals surface area contributed by atoms with Gasteiger partial charge >= 0.3 is 6.18 Å². The summed E-state index contributed by atoms with van der Waals surface area (Å²) in [4.78, 5) is 24.9. The molecular weight excluding hydrogens is 359 g/mol. The molecule has 0 heterocycles. The van der Waals surface area contributed by atoms with Crippen molar-refractivity contribution in [3.63, 3.8) is 0 Å². The normalized spacial score (nSPS) is 11.4. The van der Waals surface area contributed by atoms with Crippen molar-refractivity contribution in [1.29, 1.82) is 5.26 Å². The molecule has 0 saturated carbocycles. The standard InChI is InChI=1S/C19H16F3N3O2/c1-18(2,16(26)24-13-7-5-6-12(10-13)11-23)17(27)25-15-9-4-3-8-14(15)19(20,21)22/h3-10H,1-2H3,(H,24,26)(H,25,27). The molecule has 2 N–H and O–H groups in total. The fourth-order valence-electron chi connectivity index (χ4n) is 2.17. The highest BCUT2D eigenvalue weighted by Gasteiger charge is 2.39. The number of nitrogens with one attached hydrogen (secondary N) is 2. The van der Waals surface area contributed by atoms with Crippen LogP contribution in [0.5, 0.6) is 0 Å². The van der Waals surface area contributed by atoms with Crippen molar-refractivity contribution in [2.45, 2.75) is 20.0 Å². The van der Waals surface area contributed by atoms with E-state index >= 15 is 0 Å². The van der Waals surface area contributed by atoms with E-state index in [-0.39, 0.29) is 0 Å². The second-order valence-corrected chi connectivity index (χ2v) is 6.27. The molecule has 0 fully saturated rings. The van der Waals surface area contributed by atoms with Gasteiger partial charge < -0.3 is 10.6 Å². The highest BCUT2D eigenvalue weighted by Crippen LogP contribution is 2.35. The molecule has 8 heteroatoms. The van der Waals surface area contributed by atoms with Crippen LogP contribution in [0.15, 0.2) is 48.5 Å². The molecule has 2 amide bonds. The lowest BCUT2D eigenvalue weighted by Gasteiger charge is -2.24. The lowest BCUT2D eigenvalue weighted by molar-refractivity contribution is -0.137. The number of amides is 2. The Labute approximate surface area is 153 Å². The van der Waals surface area contributed by atoms with Crippen LogP contribution in [-0.4, -0.2) is 11.8 Å². The monoisotopic (exact) mass is 375 g/mol. The molecule has 2 aromatic rings. The lowest BCUT2D eigenvalue weighted by atomic mass is 9.90. The Balaban J connectivity index is 2.20. The molecule has 2 rings (SSSR count). The zero-order valence-electron chi connectivity index (χ0n) is 14.5. The van der Waals surface area contributed by atoms with Gasteiger partial charge in [0.1, 0.15) is 5.41 Å². The number of hydrogen-bond donors (Lipinski definition) is 2. The van der Waals surface area contributed by atoms with E-state index in [2.05, 4.69) is 10.6 Å². The van der Waals surface area contributed by atoms with Crippen molar-refractivity contribution in [2.75, 3.05) is 10.6 Å². The molecule has 0 unspecified atom stereocenters. The summed E-state index contributed by atoms with van der Waals surface area (Å²) >= 11 is 0. The molecule has 0 aliphatic heterocycles. The highest BCUT2D eigenvalue weighted by atomic mass is 19.4. The van der Waals surface area contributed by atoms with Gasteiger partial charge in [0.15, 0.2) is 0 Å². The van der Waals surface area contributed by atoms with E-state index in [9.17, 15) is 22.8 Å². The van der Waals surface area contributed by atoms with E-state index in [1.807, 2.05) is 6.07 Å². The number of nitrogens with zero attached hydrogens (tertiary/aromatic N) is 1. The Bertz CT molecular complexity index is 915. The van der Waals surface area contributed by atoms with Crippen LogP contribution >= 0.6 is 0 Å². The van der Waals surface area contributed by atoms with Crippen molar-refractivity contribution < 1.29 is 22.8 Å². The zero-order valence-corrected chi connectivity index (χ0v) is 14.5. The summed E-state index contributed by atoms with van der Waals surface area (Å²) in [6, 6.07) is 12.5. The van der Waals surface area contributed by atoms with Gasteiger partial charge in [0.2, 0.25) is 11.8 Å². The largest absolute Gasteiger partial charge is 0.418 e. The Kier molecular flexibility index (Phi) is 5.55. The number of para-hydroxylation sites is 1. The molecule has 0 spiro atoms. The van der Waals surface area contributed by atoms with Gasteiger partial charge in [-0.05, 0) is 44.2 Å². The van der Waals surface area contributed by atoms with Crippen molar-refractivity contribution in [3.05, 3.63) is 59.7 Å². The molecule has 0 aromatic heterocycles. The second kappa shape index (κ2) is 7.50. The SMILES string of the molecule is CC(C)(C(=O)Nc1cccc(C#N)c1)C(=O)Nc1ccccc1C(F)(F)F. The molecule has 27 heavy (non-hydrogen) atoms. The molecule has 0 saturated heterocycles.